The van der Waals surface area contributed by atoms with Gasteiger partial charge in [-0.2, -0.15) is 0 Å². The van der Waals surface area contributed by atoms with E-state index in [1.165, 1.54) is 37.3 Å². The van der Waals surface area contributed by atoms with Crippen LogP contribution in [0.15, 0.2) is 41.9 Å². The first-order valence-corrected chi connectivity index (χ1v) is 11.6. The maximum Gasteiger partial charge on any atom is 0.268 e. The van der Waals surface area contributed by atoms with E-state index >= 15 is 0 Å². The third kappa shape index (κ3) is 3.82. The van der Waals surface area contributed by atoms with Gasteiger partial charge < -0.3 is 15.5 Å². The fourth-order valence-electron chi connectivity index (χ4n) is 4.83. The number of thiazole rings is 1. The monoisotopic (exact) mass is 453 g/mol. The molecule has 6 nitrogen and oxygen atoms in total. The summed E-state index contributed by atoms with van der Waals surface area (Å²) in [5.41, 5.74) is 9.69. The highest BCUT2D eigenvalue weighted by Crippen LogP contribution is 2.41. The average molecular weight is 454 g/mol. The van der Waals surface area contributed by atoms with E-state index in [9.17, 15) is 4.79 Å². The third-order valence-electron chi connectivity index (χ3n) is 6.39. The van der Waals surface area contributed by atoms with Gasteiger partial charge in [0.1, 0.15) is 10.7 Å². The Kier molecular flexibility index (Phi) is 5.20. The van der Waals surface area contributed by atoms with Crippen molar-refractivity contribution in [3.05, 3.63) is 52.6 Å². The number of aromatic nitrogens is 2. The summed E-state index contributed by atoms with van der Waals surface area (Å²) in [6.07, 6.45) is 4.12. The summed E-state index contributed by atoms with van der Waals surface area (Å²) in [5.74, 6) is -0.550. The Bertz CT molecular complexity index is 1130. The zero-order valence-electron chi connectivity index (χ0n) is 17.3. The van der Waals surface area contributed by atoms with Crippen LogP contribution < -0.4 is 10.6 Å². The van der Waals surface area contributed by atoms with Crippen molar-refractivity contribution in [1.29, 1.82) is 0 Å². The molecule has 0 unspecified atom stereocenters. The van der Waals surface area contributed by atoms with Crippen LogP contribution in [0.4, 0.5) is 5.69 Å². The number of hydrogen-bond donors (Lipinski definition) is 1. The SMILES string of the molecule is CN1CC2(CCN(c3cnc(C(N)=O)c(-c4nc(-c5ccccc5Cl)cs4)c3)CC2)C1. The number of carbonyl (C=O) groups excluding carboxylic acids is 1. The highest BCUT2D eigenvalue weighted by Gasteiger charge is 2.43. The van der Waals surface area contributed by atoms with Crippen molar-refractivity contribution >= 4 is 34.5 Å². The summed E-state index contributed by atoms with van der Waals surface area (Å²) in [5, 5.41) is 3.31. The number of carbonyl (C=O) groups is 1. The summed E-state index contributed by atoms with van der Waals surface area (Å²) in [6.45, 7) is 4.37. The van der Waals surface area contributed by atoms with Crippen molar-refractivity contribution in [3.8, 4) is 21.8 Å². The van der Waals surface area contributed by atoms with Gasteiger partial charge in [-0.1, -0.05) is 29.8 Å². The predicted molar refractivity (Wildman–Crippen MR) is 126 cm³/mol. The lowest BCUT2D eigenvalue weighted by atomic mass is 9.72. The van der Waals surface area contributed by atoms with Crippen LogP contribution in [0.2, 0.25) is 5.02 Å². The Hall–Kier alpha value is -2.48. The number of primary amides is 1. The zero-order chi connectivity index (χ0) is 21.6. The molecule has 5 rings (SSSR count). The molecule has 2 N–H and O–H groups in total. The normalized spacial score (nSPS) is 18.2. The van der Waals surface area contributed by atoms with Crippen molar-refractivity contribution in [2.45, 2.75) is 12.8 Å². The summed E-state index contributed by atoms with van der Waals surface area (Å²) >= 11 is 7.80. The summed E-state index contributed by atoms with van der Waals surface area (Å²) in [7, 11) is 2.18. The highest BCUT2D eigenvalue weighted by atomic mass is 35.5. The van der Waals surface area contributed by atoms with E-state index in [-0.39, 0.29) is 5.69 Å². The minimum atomic E-state index is -0.550. The Balaban J connectivity index is 1.45. The molecule has 3 aromatic rings. The molecule has 0 radical (unpaired) electrons. The number of benzene rings is 1. The lowest BCUT2D eigenvalue weighted by Gasteiger charge is -2.53. The number of piperidine rings is 1. The van der Waals surface area contributed by atoms with Gasteiger partial charge in [-0.15, -0.1) is 11.3 Å². The standard InChI is InChI=1S/C23H24ClN5OS/c1-28-13-23(14-28)6-8-29(9-7-23)15-10-17(20(21(25)30)26-11-15)22-27-19(12-31-22)16-4-2-3-5-18(16)24/h2-5,10-12H,6-9,13-14H2,1H3,(H2,25,30). The maximum atomic E-state index is 12.1. The highest BCUT2D eigenvalue weighted by molar-refractivity contribution is 7.13. The average Bonchev–Trinajstić information content (AvgIpc) is 3.23. The molecule has 0 atom stereocenters. The predicted octanol–water partition coefficient (Wildman–Crippen LogP) is 4.16. The first-order valence-electron chi connectivity index (χ1n) is 10.4. The quantitative estimate of drug-likeness (QED) is 0.642. The van der Waals surface area contributed by atoms with Crippen LogP contribution in [-0.4, -0.2) is 54.0 Å². The van der Waals surface area contributed by atoms with Crippen molar-refractivity contribution in [3.63, 3.8) is 0 Å². The molecule has 8 heteroatoms. The zero-order valence-corrected chi connectivity index (χ0v) is 18.9. The number of nitrogens with two attached hydrogens (primary N) is 1. The van der Waals surface area contributed by atoms with Gasteiger partial charge >= 0.3 is 0 Å². The van der Waals surface area contributed by atoms with Crippen LogP contribution in [0.25, 0.3) is 21.8 Å². The van der Waals surface area contributed by atoms with Gasteiger partial charge in [-0.3, -0.25) is 4.79 Å². The summed E-state index contributed by atoms with van der Waals surface area (Å²) in [6, 6.07) is 9.61. The Morgan fingerprint density at radius 3 is 2.61 bits per heavy atom. The van der Waals surface area contributed by atoms with Gasteiger partial charge in [-0.25, -0.2) is 9.97 Å². The fourth-order valence-corrected chi connectivity index (χ4v) is 5.90. The minimum Gasteiger partial charge on any atom is -0.370 e. The lowest BCUT2D eigenvalue weighted by Crippen LogP contribution is -2.58. The van der Waals surface area contributed by atoms with E-state index in [1.807, 2.05) is 35.7 Å². The fraction of sp³-hybridized carbons (Fsp3) is 0.348. The van der Waals surface area contributed by atoms with Crippen molar-refractivity contribution < 1.29 is 4.79 Å². The Labute approximate surface area is 190 Å². The molecule has 2 fully saturated rings. The second-order valence-corrected chi connectivity index (χ2v) is 9.90. The molecule has 4 heterocycles. The van der Waals surface area contributed by atoms with Crippen molar-refractivity contribution in [1.82, 2.24) is 14.9 Å². The number of nitrogens with zero attached hydrogens (tertiary/aromatic N) is 4. The van der Waals surface area contributed by atoms with Crippen LogP contribution in [0, 0.1) is 5.41 Å². The maximum absolute atomic E-state index is 12.1. The number of rotatable bonds is 4. The number of halogens is 1. The van der Waals surface area contributed by atoms with Crippen LogP contribution in [-0.2, 0) is 0 Å². The Morgan fingerprint density at radius 1 is 1.19 bits per heavy atom. The van der Waals surface area contributed by atoms with Gasteiger partial charge in [0, 0.05) is 47.7 Å². The van der Waals surface area contributed by atoms with E-state index in [1.54, 1.807) is 6.20 Å². The molecule has 2 saturated heterocycles. The number of amides is 1. The largest absolute Gasteiger partial charge is 0.370 e. The van der Waals surface area contributed by atoms with E-state index in [4.69, 9.17) is 22.3 Å². The third-order valence-corrected chi connectivity index (χ3v) is 7.60. The first kappa shape index (κ1) is 20.4. The molecule has 0 bridgehead atoms. The minimum absolute atomic E-state index is 0.248. The topological polar surface area (TPSA) is 75.3 Å². The second-order valence-electron chi connectivity index (χ2n) is 8.63. The van der Waals surface area contributed by atoms with Gasteiger partial charge in [-0.05, 0) is 37.4 Å². The van der Waals surface area contributed by atoms with Crippen molar-refractivity contribution in [2.75, 3.05) is 38.1 Å². The van der Waals surface area contributed by atoms with Crippen LogP contribution in [0.5, 0.6) is 0 Å². The number of pyridine rings is 1. The molecule has 1 amide bonds. The van der Waals surface area contributed by atoms with E-state index in [0.29, 0.717) is 21.0 Å². The van der Waals surface area contributed by atoms with Gasteiger partial charge in [0.25, 0.3) is 5.91 Å². The molecule has 1 aromatic carbocycles. The second kappa shape index (κ2) is 7.89. The van der Waals surface area contributed by atoms with Gasteiger partial charge in [0.05, 0.1) is 17.6 Å². The molecular formula is C23H24ClN5OS. The van der Waals surface area contributed by atoms with Crippen LogP contribution in [0.3, 0.4) is 0 Å². The molecule has 0 aliphatic carbocycles. The molecule has 2 aliphatic rings. The van der Waals surface area contributed by atoms with Gasteiger partial charge in [0.2, 0.25) is 0 Å². The number of hydrogen-bond acceptors (Lipinski definition) is 6. The molecule has 2 aromatic heterocycles. The van der Waals surface area contributed by atoms with E-state index in [0.717, 1.165) is 30.0 Å². The van der Waals surface area contributed by atoms with E-state index < -0.39 is 5.91 Å². The Morgan fingerprint density at radius 2 is 1.94 bits per heavy atom. The summed E-state index contributed by atoms with van der Waals surface area (Å²) < 4.78 is 0. The number of anilines is 1. The molecule has 2 aliphatic heterocycles. The molecule has 1 spiro atoms. The van der Waals surface area contributed by atoms with Gasteiger partial charge in [0.15, 0.2) is 0 Å². The van der Waals surface area contributed by atoms with Crippen LogP contribution >= 0.6 is 22.9 Å². The van der Waals surface area contributed by atoms with Crippen molar-refractivity contribution in [2.24, 2.45) is 11.1 Å². The molecule has 160 valence electrons. The first-order chi connectivity index (χ1) is 14.9. The summed E-state index contributed by atoms with van der Waals surface area (Å²) in [4.78, 5) is 26.0. The van der Waals surface area contributed by atoms with E-state index in [2.05, 4.69) is 21.8 Å². The number of likely N-dealkylation sites (tertiary alicyclic amines) is 1. The molecule has 31 heavy (non-hydrogen) atoms. The lowest BCUT2D eigenvalue weighted by molar-refractivity contribution is 0.00131. The smallest absolute Gasteiger partial charge is 0.268 e. The molecule has 0 saturated carbocycles. The molecular weight excluding hydrogens is 430 g/mol. The van der Waals surface area contributed by atoms with Crippen LogP contribution in [0.1, 0.15) is 23.3 Å².